The van der Waals surface area contributed by atoms with Crippen LogP contribution in [0.5, 0.6) is 0 Å². The first kappa shape index (κ1) is 23.2. The third kappa shape index (κ3) is 4.72. The molecule has 0 spiro atoms. The third-order valence-electron chi connectivity index (χ3n) is 5.45. The molecule has 1 aromatic heterocycles. The molecule has 0 aliphatic heterocycles. The highest BCUT2D eigenvalue weighted by Gasteiger charge is 2.26. The Labute approximate surface area is 197 Å². The molecule has 33 heavy (non-hydrogen) atoms. The second kappa shape index (κ2) is 9.12. The molecule has 3 aromatic carbocycles. The van der Waals surface area contributed by atoms with Crippen LogP contribution in [0, 0.1) is 18.6 Å². The Kier molecular flexibility index (Phi) is 6.41. The van der Waals surface area contributed by atoms with Crippen LogP contribution in [0.3, 0.4) is 0 Å². The van der Waals surface area contributed by atoms with Gasteiger partial charge in [0, 0.05) is 11.1 Å². The minimum atomic E-state index is -1.27. The number of hydrogen-bond donors (Lipinski definition) is 1. The van der Waals surface area contributed by atoms with E-state index >= 15 is 0 Å². The van der Waals surface area contributed by atoms with Gasteiger partial charge in [0.2, 0.25) is 0 Å². The van der Waals surface area contributed by atoms with Gasteiger partial charge in [-0.2, -0.15) is 0 Å². The Morgan fingerprint density at radius 1 is 0.970 bits per heavy atom. The van der Waals surface area contributed by atoms with E-state index in [1.807, 2.05) is 25.1 Å². The van der Waals surface area contributed by atoms with Gasteiger partial charge in [0.15, 0.2) is 5.82 Å². The van der Waals surface area contributed by atoms with Crippen LogP contribution < -0.4 is 0 Å². The Bertz CT molecular complexity index is 1290. The van der Waals surface area contributed by atoms with Crippen molar-refractivity contribution >= 4 is 11.8 Å². The summed E-state index contributed by atoms with van der Waals surface area (Å²) in [6.07, 6.45) is 1.64. The lowest BCUT2D eigenvalue weighted by molar-refractivity contribution is 0.0743. The fraction of sp³-hybridized carbons (Fsp3) is 0.222. The first-order chi connectivity index (χ1) is 15.7. The largest absolute Gasteiger partial charge is 0.384 e. The molecule has 0 aliphatic carbocycles. The molecule has 0 bridgehead atoms. The van der Waals surface area contributed by atoms with Crippen molar-refractivity contribution in [2.45, 2.75) is 38.2 Å². The summed E-state index contributed by atoms with van der Waals surface area (Å²) >= 11 is 1.79. The van der Waals surface area contributed by atoms with Crippen LogP contribution in [-0.2, 0) is 5.60 Å². The van der Waals surface area contributed by atoms with Crippen LogP contribution in [0.4, 0.5) is 8.78 Å². The monoisotopic (exact) mass is 464 g/mol. The molecular weight excluding hydrogens is 438 g/mol. The molecule has 1 heterocycles. The summed E-state index contributed by atoms with van der Waals surface area (Å²) in [7, 11) is 0. The van der Waals surface area contributed by atoms with Crippen molar-refractivity contribution in [1.29, 1.82) is 0 Å². The van der Waals surface area contributed by atoms with E-state index in [1.54, 1.807) is 36.4 Å². The summed E-state index contributed by atoms with van der Waals surface area (Å²) in [5.41, 5.74) is 2.64. The maximum absolute atomic E-state index is 14.7. The van der Waals surface area contributed by atoms with Crippen LogP contribution in [0.1, 0.15) is 32.0 Å². The zero-order valence-electron chi connectivity index (χ0n) is 19.1. The first-order valence-corrected chi connectivity index (χ1v) is 11.8. The van der Waals surface area contributed by atoms with E-state index in [0.29, 0.717) is 5.69 Å². The van der Waals surface area contributed by atoms with Gasteiger partial charge in [-0.1, -0.05) is 31.2 Å². The van der Waals surface area contributed by atoms with Crippen molar-refractivity contribution in [2.75, 3.05) is 5.75 Å². The van der Waals surface area contributed by atoms with Gasteiger partial charge in [-0.3, -0.25) is 4.57 Å². The molecule has 0 saturated heterocycles. The van der Waals surface area contributed by atoms with E-state index in [9.17, 15) is 13.9 Å². The molecule has 0 aliphatic rings. The summed E-state index contributed by atoms with van der Waals surface area (Å²) in [4.78, 5) is 5.64. The third-order valence-corrected chi connectivity index (χ3v) is 6.33. The van der Waals surface area contributed by atoms with Crippen molar-refractivity contribution in [3.8, 4) is 28.2 Å². The lowest BCUT2D eigenvalue weighted by atomic mass is 10.0. The number of imidazole rings is 1. The standard InChI is InChI=1S/C27H26F2N2OS/c1-5-33-20-9-6-8-18(15-20)19-12-13-23(17(2)14-19)31-16-24(27(3,4)32)30-26(31)25-21(28)10-7-11-22(25)29/h6-16,32H,5H2,1-4H3. The SMILES string of the molecule is CCSc1cccc(-c2ccc(-n3cc(C(C)(C)O)nc3-c3c(F)cccc3F)c(C)c2)c1. The summed E-state index contributed by atoms with van der Waals surface area (Å²) < 4.78 is 31.0. The number of halogens is 2. The minimum absolute atomic E-state index is 0.111. The molecule has 170 valence electrons. The van der Waals surface area contributed by atoms with E-state index in [-0.39, 0.29) is 11.4 Å². The van der Waals surface area contributed by atoms with Crippen LogP contribution in [0.15, 0.2) is 71.8 Å². The number of rotatable bonds is 6. The van der Waals surface area contributed by atoms with Crippen molar-refractivity contribution < 1.29 is 13.9 Å². The van der Waals surface area contributed by atoms with Gasteiger partial charge in [0.05, 0.1) is 16.9 Å². The average molecular weight is 465 g/mol. The van der Waals surface area contributed by atoms with E-state index in [4.69, 9.17) is 0 Å². The number of thioether (sulfide) groups is 1. The van der Waals surface area contributed by atoms with Crippen molar-refractivity contribution in [3.05, 3.63) is 89.8 Å². The van der Waals surface area contributed by atoms with Gasteiger partial charge in [0.25, 0.3) is 0 Å². The maximum Gasteiger partial charge on any atom is 0.150 e. The molecule has 0 saturated carbocycles. The van der Waals surface area contributed by atoms with Gasteiger partial charge < -0.3 is 5.11 Å². The highest BCUT2D eigenvalue weighted by Crippen LogP contribution is 2.33. The fourth-order valence-electron chi connectivity index (χ4n) is 3.78. The van der Waals surface area contributed by atoms with Crippen molar-refractivity contribution in [3.63, 3.8) is 0 Å². The number of aliphatic hydroxyl groups is 1. The predicted octanol–water partition coefficient (Wildman–Crippen LogP) is 7.13. The van der Waals surface area contributed by atoms with Crippen LogP contribution >= 0.6 is 11.8 Å². The van der Waals surface area contributed by atoms with Crippen LogP contribution in [0.25, 0.3) is 28.2 Å². The minimum Gasteiger partial charge on any atom is -0.384 e. The van der Waals surface area contributed by atoms with E-state index in [0.717, 1.165) is 28.1 Å². The van der Waals surface area contributed by atoms with E-state index in [2.05, 4.69) is 36.2 Å². The molecule has 3 nitrogen and oxygen atoms in total. The predicted molar refractivity (Wildman–Crippen MR) is 131 cm³/mol. The van der Waals surface area contributed by atoms with Gasteiger partial charge >= 0.3 is 0 Å². The Morgan fingerprint density at radius 3 is 2.27 bits per heavy atom. The molecule has 4 rings (SSSR count). The fourth-order valence-corrected chi connectivity index (χ4v) is 4.50. The van der Waals surface area contributed by atoms with E-state index in [1.165, 1.54) is 23.1 Å². The molecule has 1 N–H and O–H groups in total. The van der Waals surface area contributed by atoms with E-state index < -0.39 is 17.2 Å². The topological polar surface area (TPSA) is 38.0 Å². The lowest BCUT2D eigenvalue weighted by Gasteiger charge is -2.14. The molecule has 0 amide bonds. The quantitative estimate of drug-likeness (QED) is 0.308. The molecule has 0 unspecified atom stereocenters. The second-order valence-electron chi connectivity index (χ2n) is 8.44. The zero-order valence-corrected chi connectivity index (χ0v) is 19.9. The molecule has 4 aromatic rings. The molecule has 6 heteroatoms. The highest BCUT2D eigenvalue weighted by molar-refractivity contribution is 7.99. The normalized spacial score (nSPS) is 11.7. The number of benzene rings is 3. The van der Waals surface area contributed by atoms with Gasteiger partial charge in [-0.15, -0.1) is 11.8 Å². The summed E-state index contributed by atoms with van der Waals surface area (Å²) in [6.45, 7) is 7.27. The van der Waals surface area contributed by atoms with Crippen LogP contribution in [-0.4, -0.2) is 20.4 Å². The summed E-state index contributed by atoms with van der Waals surface area (Å²) in [5, 5.41) is 10.5. The van der Waals surface area contributed by atoms with Gasteiger partial charge in [-0.05, 0) is 79.6 Å². The molecule has 0 atom stereocenters. The lowest BCUT2D eigenvalue weighted by Crippen LogP contribution is -2.15. The first-order valence-electron chi connectivity index (χ1n) is 10.8. The number of nitrogens with zero attached hydrogens (tertiary/aromatic N) is 2. The second-order valence-corrected chi connectivity index (χ2v) is 9.77. The number of aromatic nitrogens is 2. The highest BCUT2D eigenvalue weighted by atomic mass is 32.2. The average Bonchev–Trinajstić information content (AvgIpc) is 3.19. The smallest absolute Gasteiger partial charge is 0.150 e. The molecule has 0 radical (unpaired) electrons. The summed E-state index contributed by atoms with van der Waals surface area (Å²) in [5.74, 6) is -0.298. The zero-order chi connectivity index (χ0) is 23.8. The Morgan fingerprint density at radius 2 is 1.64 bits per heavy atom. The summed E-state index contributed by atoms with van der Waals surface area (Å²) in [6, 6.07) is 18.1. The number of hydrogen-bond acceptors (Lipinski definition) is 3. The Balaban J connectivity index is 1.86. The van der Waals surface area contributed by atoms with Crippen molar-refractivity contribution in [2.24, 2.45) is 0 Å². The van der Waals surface area contributed by atoms with Gasteiger partial charge in [0.1, 0.15) is 17.2 Å². The molecule has 0 fully saturated rings. The maximum atomic E-state index is 14.7. The number of aryl methyl sites for hydroxylation is 1. The van der Waals surface area contributed by atoms with Crippen LogP contribution in [0.2, 0.25) is 0 Å². The Hall–Kier alpha value is -2.96. The van der Waals surface area contributed by atoms with Gasteiger partial charge in [-0.25, -0.2) is 13.8 Å². The van der Waals surface area contributed by atoms with Crippen molar-refractivity contribution in [1.82, 2.24) is 9.55 Å². The molecular formula is C27H26F2N2OS.